The van der Waals surface area contributed by atoms with Crippen LogP contribution in [0.15, 0.2) is 48.5 Å². The SMILES string of the molecule is CCc1ccc(-n2nc(-c3ccc(F)cc3)c3c2NCCCC3)cc1. The van der Waals surface area contributed by atoms with Crippen LogP contribution in [0.5, 0.6) is 0 Å². The minimum absolute atomic E-state index is 0.220. The van der Waals surface area contributed by atoms with E-state index in [9.17, 15) is 4.39 Å². The highest BCUT2D eigenvalue weighted by molar-refractivity contribution is 5.71. The third-order valence-electron chi connectivity index (χ3n) is 4.84. The average molecular weight is 335 g/mol. The molecule has 25 heavy (non-hydrogen) atoms. The molecular weight excluding hydrogens is 313 g/mol. The van der Waals surface area contributed by atoms with Gasteiger partial charge in [0.1, 0.15) is 11.6 Å². The predicted octanol–water partition coefficient (Wildman–Crippen LogP) is 4.99. The summed E-state index contributed by atoms with van der Waals surface area (Å²) in [5, 5.41) is 8.44. The maximum Gasteiger partial charge on any atom is 0.133 e. The van der Waals surface area contributed by atoms with E-state index in [0.29, 0.717) is 0 Å². The van der Waals surface area contributed by atoms with Crippen molar-refractivity contribution in [3.63, 3.8) is 0 Å². The Balaban J connectivity index is 1.85. The first-order valence-corrected chi connectivity index (χ1v) is 8.97. The van der Waals surface area contributed by atoms with Gasteiger partial charge >= 0.3 is 0 Å². The molecule has 2 aromatic carbocycles. The highest BCUT2D eigenvalue weighted by atomic mass is 19.1. The Labute approximate surface area is 147 Å². The Bertz CT molecular complexity index is 863. The van der Waals surface area contributed by atoms with Crippen molar-refractivity contribution >= 4 is 5.82 Å². The number of anilines is 1. The first-order valence-electron chi connectivity index (χ1n) is 8.97. The van der Waals surface area contributed by atoms with E-state index in [-0.39, 0.29) is 5.82 Å². The van der Waals surface area contributed by atoms with Gasteiger partial charge in [-0.2, -0.15) is 5.10 Å². The molecule has 1 aliphatic rings. The molecule has 0 radical (unpaired) electrons. The Morgan fingerprint density at radius 3 is 2.52 bits per heavy atom. The molecule has 0 unspecified atom stereocenters. The molecule has 4 heteroatoms. The zero-order valence-corrected chi connectivity index (χ0v) is 14.4. The average Bonchev–Trinajstić information content (AvgIpc) is 2.84. The molecule has 2 heterocycles. The van der Waals surface area contributed by atoms with E-state index in [0.717, 1.165) is 55.0 Å². The van der Waals surface area contributed by atoms with Gasteiger partial charge in [-0.05, 0) is 67.6 Å². The molecule has 0 fully saturated rings. The number of halogens is 1. The van der Waals surface area contributed by atoms with Crippen LogP contribution < -0.4 is 5.32 Å². The van der Waals surface area contributed by atoms with Crippen LogP contribution in [0.2, 0.25) is 0 Å². The molecule has 0 saturated heterocycles. The number of aromatic nitrogens is 2. The highest BCUT2D eigenvalue weighted by Gasteiger charge is 2.21. The monoisotopic (exact) mass is 335 g/mol. The number of nitrogens with one attached hydrogen (secondary N) is 1. The van der Waals surface area contributed by atoms with E-state index < -0.39 is 0 Å². The van der Waals surface area contributed by atoms with Gasteiger partial charge in [0.2, 0.25) is 0 Å². The zero-order chi connectivity index (χ0) is 17.2. The second-order valence-corrected chi connectivity index (χ2v) is 6.50. The van der Waals surface area contributed by atoms with Crippen LogP contribution in [0.25, 0.3) is 16.9 Å². The number of hydrogen-bond acceptors (Lipinski definition) is 2. The molecule has 1 aromatic heterocycles. The van der Waals surface area contributed by atoms with Crippen molar-refractivity contribution in [1.29, 1.82) is 0 Å². The van der Waals surface area contributed by atoms with Crippen molar-refractivity contribution in [3.8, 4) is 16.9 Å². The van der Waals surface area contributed by atoms with Crippen LogP contribution in [-0.4, -0.2) is 16.3 Å². The smallest absolute Gasteiger partial charge is 0.133 e. The molecule has 0 saturated carbocycles. The minimum atomic E-state index is -0.220. The lowest BCUT2D eigenvalue weighted by Gasteiger charge is -2.09. The molecule has 1 aliphatic heterocycles. The largest absolute Gasteiger partial charge is 0.370 e. The molecule has 0 aliphatic carbocycles. The fourth-order valence-electron chi connectivity index (χ4n) is 3.40. The van der Waals surface area contributed by atoms with Gasteiger partial charge in [0.15, 0.2) is 0 Å². The first kappa shape index (κ1) is 15.9. The summed E-state index contributed by atoms with van der Waals surface area (Å²) in [5.74, 6) is 0.851. The van der Waals surface area contributed by atoms with Crippen molar-refractivity contribution < 1.29 is 4.39 Å². The number of nitrogens with zero attached hydrogens (tertiary/aromatic N) is 2. The van der Waals surface area contributed by atoms with Gasteiger partial charge in [0, 0.05) is 17.7 Å². The van der Waals surface area contributed by atoms with Gasteiger partial charge < -0.3 is 5.32 Å². The third kappa shape index (κ3) is 3.04. The van der Waals surface area contributed by atoms with E-state index in [1.165, 1.54) is 23.3 Å². The van der Waals surface area contributed by atoms with Crippen LogP contribution in [0.4, 0.5) is 10.2 Å². The van der Waals surface area contributed by atoms with Crippen LogP contribution >= 0.6 is 0 Å². The van der Waals surface area contributed by atoms with E-state index in [1.807, 2.05) is 16.8 Å². The summed E-state index contributed by atoms with van der Waals surface area (Å²) in [7, 11) is 0. The standard InChI is InChI=1S/C21H22FN3/c1-2-15-6-12-18(13-7-15)25-21-19(5-3-4-14-23-21)20(24-25)16-8-10-17(22)11-9-16/h6-13,23H,2-5,14H2,1H3. The summed E-state index contributed by atoms with van der Waals surface area (Å²) in [5.41, 5.74) is 5.50. The fourth-order valence-corrected chi connectivity index (χ4v) is 3.40. The van der Waals surface area contributed by atoms with E-state index in [4.69, 9.17) is 5.10 Å². The van der Waals surface area contributed by atoms with E-state index in [2.05, 4.69) is 36.5 Å². The topological polar surface area (TPSA) is 29.9 Å². The first-order chi connectivity index (χ1) is 12.3. The molecule has 128 valence electrons. The van der Waals surface area contributed by atoms with Gasteiger partial charge in [-0.25, -0.2) is 9.07 Å². The molecule has 0 amide bonds. The molecule has 3 nitrogen and oxygen atoms in total. The lowest BCUT2D eigenvalue weighted by Crippen LogP contribution is -2.07. The molecule has 3 aromatic rings. The number of benzene rings is 2. The summed E-state index contributed by atoms with van der Waals surface area (Å²) in [6.07, 6.45) is 4.29. The lowest BCUT2D eigenvalue weighted by molar-refractivity contribution is 0.628. The minimum Gasteiger partial charge on any atom is -0.370 e. The highest BCUT2D eigenvalue weighted by Crippen LogP contribution is 2.34. The van der Waals surface area contributed by atoms with Gasteiger partial charge in [0.25, 0.3) is 0 Å². The molecule has 4 rings (SSSR count). The normalized spacial score (nSPS) is 13.8. The number of hydrogen-bond donors (Lipinski definition) is 1. The van der Waals surface area contributed by atoms with Gasteiger partial charge in [-0.1, -0.05) is 19.1 Å². The summed E-state index contributed by atoms with van der Waals surface area (Å²) in [4.78, 5) is 0. The van der Waals surface area contributed by atoms with Crippen molar-refractivity contribution in [2.75, 3.05) is 11.9 Å². The second-order valence-electron chi connectivity index (χ2n) is 6.50. The van der Waals surface area contributed by atoms with Crippen molar-refractivity contribution in [2.45, 2.75) is 32.6 Å². The number of rotatable bonds is 3. The maximum atomic E-state index is 13.3. The quantitative estimate of drug-likeness (QED) is 0.731. The second kappa shape index (κ2) is 6.71. The Morgan fingerprint density at radius 2 is 1.80 bits per heavy atom. The van der Waals surface area contributed by atoms with Gasteiger partial charge in [-0.15, -0.1) is 0 Å². The lowest BCUT2D eigenvalue weighted by atomic mass is 10.0. The van der Waals surface area contributed by atoms with Gasteiger partial charge in [-0.3, -0.25) is 0 Å². The number of aryl methyl sites for hydroxylation is 1. The fraction of sp³-hybridized carbons (Fsp3) is 0.286. The predicted molar refractivity (Wildman–Crippen MR) is 99.8 cm³/mol. The summed E-state index contributed by atoms with van der Waals surface area (Å²) in [6.45, 7) is 3.11. The third-order valence-corrected chi connectivity index (χ3v) is 4.84. The zero-order valence-electron chi connectivity index (χ0n) is 14.4. The van der Waals surface area contributed by atoms with Crippen LogP contribution in [0.3, 0.4) is 0 Å². The Kier molecular flexibility index (Phi) is 4.26. The molecule has 1 N–H and O–H groups in total. The van der Waals surface area contributed by atoms with Crippen molar-refractivity contribution in [1.82, 2.24) is 9.78 Å². The van der Waals surface area contributed by atoms with Gasteiger partial charge in [0.05, 0.1) is 11.4 Å². The maximum absolute atomic E-state index is 13.3. The molecule has 0 bridgehead atoms. The molecule has 0 spiro atoms. The number of fused-ring (bicyclic) bond motifs is 1. The molecular formula is C21H22FN3. The Morgan fingerprint density at radius 1 is 1.04 bits per heavy atom. The van der Waals surface area contributed by atoms with Crippen molar-refractivity contribution in [3.05, 3.63) is 65.5 Å². The summed E-state index contributed by atoms with van der Waals surface area (Å²) >= 11 is 0. The summed E-state index contributed by atoms with van der Waals surface area (Å²) < 4.78 is 15.3. The van der Waals surface area contributed by atoms with Crippen LogP contribution in [-0.2, 0) is 12.8 Å². The van der Waals surface area contributed by atoms with E-state index >= 15 is 0 Å². The Hall–Kier alpha value is -2.62. The van der Waals surface area contributed by atoms with Crippen LogP contribution in [0, 0.1) is 5.82 Å². The molecule has 0 atom stereocenters. The summed E-state index contributed by atoms with van der Waals surface area (Å²) in [6, 6.07) is 15.2. The van der Waals surface area contributed by atoms with Crippen molar-refractivity contribution in [2.24, 2.45) is 0 Å². The van der Waals surface area contributed by atoms with Crippen LogP contribution in [0.1, 0.15) is 30.9 Å². The van der Waals surface area contributed by atoms with E-state index in [1.54, 1.807) is 0 Å².